The van der Waals surface area contributed by atoms with Crippen LogP contribution in [-0.4, -0.2) is 39.1 Å². The minimum absolute atomic E-state index is 0.141. The van der Waals surface area contributed by atoms with Gasteiger partial charge in [0.25, 0.3) is 0 Å². The van der Waals surface area contributed by atoms with E-state index in [1.54, 1.807) is 0 Å². The number of ketones is 2. The van der Waals surface area contributed by atoms with Crippen molar-refractivity contribution in [3.8, 4) is 0 Å². The minimum atomic E-state index is -2.08. The topological polar surface area (TPSA) is 102 Å². The summed E-state index contributed by atoms with van der Waals surface area (Å²) in [4.78, 5) is 26.8. The Morgan fingerprint density at radius 2 is 1.03 bits per heavy atom. The van der Waals surface area contributed by atoms with Crippen LogP contribution in [0.1, 0.15) is 80.1 Å². The van der Waals surface area contributed by atoms with Crippen molar-refractivity contribution in [1.82, 2.24) is 0 Å². The van der Waals surface area contributed by atoms with Crippen LogP contribution in [0.3, 0.4) is 0 Å². The van der Waals surface area contributed by atoms with Crippen LogP contribution in [-0.2, 0) is 23.8 Å². The van der Waals surface area contributed by atoms with Crippen molar-refractivity contribution in [2.24, 2.45) is 16.2 Å². The van der Waals surface area contributed by atoms with Gasteiger partial charge in [-0.15, -0.1) is 0 Å². The first-order valence-electron chi connectivity index (χ1n) is 11.1. The van der Waals surface area contributed by atoms with Crippen molar-refractivity contribution in [2.75, 3.05) is 0 Å². The van der Waals surface area contributed by atoms with Gasteiger partial charge in [0.2, 0.25) is 11.6 Å². The molecule has 2 atom stereocenters. The average Bonchev–Trinajstić information content (AvgIpc) is 2.64. The number of carbonyl (C=O) groups excluding carboxylic acids is 2. The summed E-state index contributed by atoms with van der Waals surface area (Å²) in [6.45, 7) is 11.6. The molecular formula is C24H32O7. The highest BCUT2D eigenvalue weighted by Gasteiger charge is 2.68. The highest BCUT2D eigenvalue weighted by molar-refractivity contribution is 6.11. The summed E-state index contributed by atoms with van der Waals surface area (Å²) in [7, 11) is 0. The Bertz CT molecular complexity index is 906. The molecule has 0 aromatic carbocycles. The van der Waals surface area contributed by atoms with E-state index in [0.29, 0.717) is 35.5 Å². The summed E-state index contributed by atoms with van der Waals surface area (Å²) in [6, 6.07) is 0. The lowest BCUT2D eigenvalue weighted by atomic mass is 9.69. The molecule has 0 amide bonds. The van der Waals surface area contributed by atoms with Gasteiger partial charge < -0.3 is 24.4 Å². The second-order valence-electron chi connectivity index (χ2n) is 12.5. The lowest BCUT2D eigenvalue weighted by Gasteiger charge is -2.45. The van der Waals surface area contributed by atoms with Crippen LogP contribution in [0, 0.1) is 16.2 Å². The summed E-state index contributed by atoms with van der Waals surface area (Å²) in [5, 5.41) is 23.2. The fourth-order valence-corrected chi connectivity index (χ4v) is 6.29. The van der Waals surface area contributed by atoms with Gasteiger partial charge in [-0.1, -0.05) is 41.5 Å². The number of carbonyl (C=O) groups is 2. The van der Waals surface area contributed by atoms with Crippen LogP contribution in [0.15, 0.2) is 22.7 Å². The highest BCUT2D eigenvalue weighted by atomic mass is 16.7. The van der Waals surface area contributed by atoms with Gasteiger partial charge in [-0.05, 0) is 16.2 Å². The zero-order valence-corrected chi connectivity index (χ0v) is 19.2. The number of ether oxygens (including phenoxy) is 3. The third-order valence-corrected chi connectivity index (χ3v) is 7.19. The average molecular weight is 433 g/mol. The van der Waals surface area contributed by atoms with Gasteiger partial charge in [0.05, 0.1) is 11.1 Å². The number of hydrogen-bond donors (Lipinski definition) is 2. The van der Waals surface area contributed by atoms with E-state index in [2.05, 4.69) is 0 Å². The molecule has 0 aromatic rings. The molecule has 7 heteroatoms. The molecule has 1 saturated heterocycles. The molecule has 0 aromatic heterocycles. The maximum atomic E-state index is 13.4. The van der Waals surface area contributed by atoms with Gasteiger partial charge in [0.15, 0.2) is 11.6 Å². The Morgan fingerprint density at radius 3 is 1.42 bits per heavy atom. The largest absolute Gasteiger partial charge is 0.444 e. The maximum Gasteiger partial charge on any atom is 0.373 e. The summed E-state index contributed by atoms with van der Waals surface area (Å²) < 4.78 is 18.4. The Labute approximate surface area is 182 Å². The van der Waals surface area contributed by atoms with Crippen molar-refractivity contribution in [3.05, 3.63) is 22.7 Å². The van der Waals surface area contributed by atoms with E-state index in [4.69, 9.17) is 14.2 Å². The molecule has 1 spiro atoms. The Balaban J connectivity index is 1.76. The number of rotatable bonds is 0. The number of Topliss-reactive ketones (excluding diaryl/α,β-unsaturated/α-hetero) is 2. The van der Waals surface area contributed by atoms with Crippen LogP contribution in [0.4, 0.5) is 0 Å². The smallest absolute Gasteiger partial charge is 0.373 e. The zero-order chi connectivity index (χ0) is 22.8. The van der Waals surface area contributed by atoms with Crippen LogP contribution < -0.4 is 0 Å². The maximum absolute atomic E-state index is 13.4. The second-order valence-corrected chi connectivity index (χ2v) is 12.5. The number of aliphatic hydroxyl groups is 2. The first-order chi connectivity index (χ1) is 14.0. The predicted octanol–water partition coefficient (Wildman–Crippen LogP) is 3.24. The standard InChI is InChI=1S/C24H32O7/c1-19(2)9-15(25)24(16(26)10-19)29-13-7-20(3,4)11-22(27)17(13)18-14(30-24)8-21(5,6)12-23(18,28)31-22/h27-28H,7-12H2,1-6H3. The SMILES string of the molecule is CC1(C)CC(=O)C2(OC3=C4C5=C(CC(C)(C)CC5(O)OC4(O)CC(C)(C)C3)O2)C(=O)C1. The molecule has 1 saturated carbocycles. The van der Waals surface area contributed by atoms with Gasteiger partial charge in [0.1, 0.15) is 11.5 Å². The van der Waals surface area contributed by atoms with E-state index in [1.807, 2.05) is 41.5 Å². The highest BCUT2D eigenvalue weighted by Crippen LogP contribution is 2.63. The molecule has 5 aliphatic rings. The molecule has 0 bridgehead atoms. The van der Waals surface area contributed by atoms with E-state index < -0.39 is 45.2 Å². The van der Waals surface area contributed by atoms with Crippen molar-refractivity contribution >= 4 is 11.6 Å². The van der Waals surface area contributed by atoms with E-state index in [1.165, 1.54) is 0 Å². The van der Waals surface area contributed by atoms with Crippen molar-refractivity contribution in [3.63, 3.8) is 0 Å². The Morgan fingerprint density at radius 1 is 0.645 bits per heavy atom. The van der Waals surface area contributed by atoms with Gasteiger partial charge in [-0.25, -0.2) is 0 Å². The van der Waals surface area contributed by atoms with Crippen LogP contribution >= 0.6 is 0 Å². The number of hydrogen-bond acceptors (Lipinski definition) is 7. The van der Waals surface area contributed by atoms with Crippen LogP contribution in [0.2, 0.25) is 0 Å². The summed E-state index contributed by atoms with van der Waals surface area (Å²) in [5.41, 5.74) is -0.700. The fraction of sp³-hybridized carbons (Fsp3) is 0.750. The van der Waals surface area contributed by atoms with Gasteiger partial charge >= 0.3 is 5.79 Å². The lowest BCUT2D eigenvalue weighted by molar-refractivity contribution is -0.300. The van der Waals surface area contributed by atoms with E-state index >= 15 is 0 Å². The van der Waals surface area contributed by atoms with E-state index in [9.17, 15) is 19.8 Å². The molecule has 31 heavy (non-hydrogen) atoms. The van der Waals surface area contributed by atoms with Gasteiger partial charge in [-0.2, -0.15) is 0 Å². The second kappa shape index (κ2) is 5.61. The third-order valence-electron chi connectivity index (χ3n) is 7.19. The molecule has 170 valence electrons. The summed E-state index contributed by atoms with van der Waals surface area (Å²) in [5.74, 6) is -5.86. The lowest BCUT2D eigenvalue weighted by Crippen LogP contribution is -2.57. The van der Waals surface area contributed by atoms with Crippen LogP contribution in [0.25, 0.3) is 0 Å². The van der Waals surface area contributed by atoms with Crippen molar-refractivity contribution < 1.29 is 34.0 Å². The molecule has 2 fully saturated rings. The molecule has 3 aliphatic carbocycles. The van der Waals surface area contributed by atoms with Crippen molar-refractivity contribution in [1.29, 1.82) is 0 Å². The first-order valence-corrected chi connectivity index (χ1v) is 11.1. The molecule has 7 nitrogen and oxygen atoms in total. The molecule has 2 N–H and O–H groups in total. The Hall–Kier alpha value is -1.70. The summed E-state index contributed by atoms with van der Waals surface area (Å²) in [6.07, 6.45) is 1.56. The molecule has 2 aliphatic heterocycles. The van der Waals surface area contributed by atoms with Crippen molar-refractivity contribution in [2.45, 2.75) is 97.4 Å². The monoisotopic (exact) mass is 432 g/mol. The molecule has 2 unspecified atom stereocenters. The third kappa shape index (κ3) is 2.89. The minimum Gasteiger partial charge on any atom is -0.444 e. The fourth-order valence-electron chi connectivity index (χ4n) is 6.29. The molecular weight excluding hydrogens is 400 g/mol. The molecule has 0 radical (unpaired) electrons. The summed E-state index contributed by atoms with van der Waals surface area (Å²) >= 11 is 0. The molecule has 2 heterocycles. The first kappa shape index (κ1) is 21.2. The van der Waals surface area contributed by atoms with E-state index in [-0.39, 0.29) is 25.7 Å². The zero-order valence-electron chi connectivity index (χ0n) is 19.2. The van der Waals surface area contributed by atoms with E-state index in [0.717, 1.165) is 0 Å². The normalized spacial score (nSPS) is 39.1. The molecule has 5 rings (SSSR count). The Kier molecular flexibility index (Phi) is 3.83. The number of allylic oxidation sites excluding steroid dienone is 2. The van der Waals surface area contributed by atoms with Gasteiger partial charge in [0, 0.05) is 38.5 Å². The van der Waals surface area contributed by atoms with Crippen LogP contribution in [0.5, 0.6) is 0 Å². The predicted molar refractivity (Wildman–Crippen MR) is 109 cm³/mol. The quantitative estimate of drug-likeness (QED) is 0.567. The van der Waals surface area contributed by atoms with Gasteiger partial charge in [-0.3, -0.25) is 9.59 Å².